The predicted octanol–water partition coefficient (Wildman–Crippen LogP) is 5.32. The number of piperidine rings is 1. The Kier molecular flexibility index (Phi) is 4.89. The van der Waals surface area contributed by atoms with Crippen LogP contribution in [0.25, 0.3) is 16.6 Å². The fourth-order valence-corrected chi connectivity index (χ4v) is 6.71. The highest BCUT2D eigenvalue weighted by molar-refractivity contribution is 5.93. The number of amides is 1. The van der Waals surface area contributed by atoms with Crippen LogP contribution >= 0.6 is 0 Å². The van der Waals surface area contributed by atoms with Crippen molar-refractivity contribution in [1.29, 1.82) is 0 Å². The summed E-state index contributed by atoms with van der Waals surface area (Å²) in [6, 6.07) is 23.4. The number of benzene rings is 3. The van der Waals surface area contributed by atoms with E-state index in [1.807, 2.05) is 35.8 Å². The fraction of sp³-hybridized carbons (Fsp3) is 0.258. The highest BCUT2D eigenvalue weighted by atomic mass is 19.1. The van der Waals surface area contributed by atoms with E-state index in [-0.39, 0.29) is 17.1 Å². The van der Waals surface area contributed by atoms with Gasteiger partial charge in [-0.05, 0) is 78.9 Å². The molecule has 7 rings (SSSR count). The molecule has 3 unspecified atom stereocenters. The van der Waals surface area contributed by atoms with E-state index in [0.717, 1.165) is 22.3 Å². The molecule has 2 aromatic heterocycles. The van der Waals surface area contributed by atoms with Crippen LogP contribution in [0.4, 0.5) is 4.39 Å². The normalized spacial score (nSPS) is 22.2. The second kappa shape index (κ2) is 8.12. The highest BCUT2D eigenvalue weighted by Gasteiger charge is 2.71. The highest BCUT2D eigenvalue weighted by Crippen LogP contribution is 2.69. The van der Waals surface area contributed by atoms with E-state index in [0.29, 0.717) is 30.6 Å². The Balaban J connectivity index is 1.30. The maximum Gasteiger partial charge on any atom is 0.274 e. The number of carbonyl (C=O) groups excluding carboxylic acids is 1. The lowest BCUT2D eigenvalue weighted by molar-refractivity contribution is 0.0762. The molecule has 38 heavy (non-hydrogen) atoms. The Labute approximate surface area is 220 Å². The number of aromatic nitrogens is 4. The van der Waals surface area contributed by atoms with Crippen molar-refractivity contribution in [3.8, 4) is 5.69 Å². The monoisotopic (exact) mass is 505 g/mol. The van der Waals surface area contributed by atoms with E-state index in [4.69, 9.17) is 0 Å². The minimum absolute atomic E-state index is 0.00468. The molecule has 0 spiro atoms. The van der Waals surface area contributed by atoms with Crippen molar-refractivity contribution in [2.75, 3.05) is 13.1 Å². The lowest BCUT2D eigenvalue weighted by atomic mass is 9.86. The maximum atomic E-state index is 13.5. The molecule has 0 N–H and O–H groups in total. The third-order valence-corrected chi connectivity index (χ3v) is 8.65. The molecule has 1 saturated heterocycles. The van der Waals surface area contributed by atoms with Crippen LogP contribution in [0.5, 0.6) is 0 Å². The summed E-state index contributed by atoms with van der Waals surface area (Å²) in [4.78, 5) is 15.5. The standard InChI is InChI=1S/C31H28FN5O/c1-19-13-28-22(16-33-37(28)24-11-9-23(32)10-12-24)15-25(19)31-18-36(30(38)27-14-20(2)35(3)34-27)17-26(31)29(31)21-7-5-4-6-8-21/h4-16,26,29H,17-18H2,1-3H3. The summed E-state index contributed by atoms with van der Waals surface area (Å²) in [7, 11) is 1.87. The first-order chi connectivity index (χ1) is 18.4. The van der Waals surface area contributed by atoms with Gasteiger partial charge in [0.15, 0.2) is 5.69 Å². The molecule has 2 aliphatic rings. The summed E-state index contributed by atoms with van der Waals surface area (Å²) in [6.45, 7) is 5.48. The first kappa shape index (κ1) is 22.9. The first-order valence-corrected chi connectivity index (χ1v) is 13.0. The first-order valence-electron chi connectivity index (χ1n) is 13.0. The third-order valence-electron chi connectivity index (χ3n) is 8.65. The number of nitrogens with zero attached hydrogens (tertiary/aromatic N) is 5. The van der Waals surface area contributed by atoms with Gasteiger partial charge in [0.2, 0.25) is 0 Å². The Hall–Kier alpha value is -4.26. The molecule has 190 valence electrons. The van der Waals surface area contributed by atoms with Gasteiger partial charge in [0, 0.05) is 42.6 Å². The van der Waals surface area contributed by atoms with Gasteiger partial charge in [0.25, 0.3) is 5.91 Å². The minimum Gasteiger partial charge on any atom is -0.336 e. The molecule has 1 saturated carbocycles. The molecule has 1 aliphatic heterocycles. The van der Waals surface area contributed by atoms with Crippen LogP contribution in [0.1, 0.15) is 38.8 Å². The predicted molar refractivity (Wildman–Crippen MR) is 144 cm³/mol. The second-order valence-electron chi connectivity index (χ2n) is 10.8. The zero-order valence-corrected chi connectivity index (χ0v) is 21.6. The number of carbonyl (C=O) groups is 1. The minimum atomic E-state index is -0.268. The quantitative estimate of drug-likeness (QED) is 0.332. The molecule has 6 nitrogen and oxygen atoms in total. The van der Waals surface area contributed by atoms with Crippen molar-refractivity contribution < 1.29 is 9.18 Å². The fourth-order valence-electron chi connectivity index (χ4n) is 6.71. The molecule has 0 radical (unpaired) electrons. The van der Waals surface area contributed by atoms with E-state index in [2.05, 4.69) is 59.6 Å². The topological polar surface area (TPSA) is 56.0 Å². The number of hydrogen-bond donors (Lipinski definition) is 0. The molecular formula is C31H28FN5O. The molecule has 1 aliphatic carbocycles. The smallest absolute Gasteiger partial charge is 0.274 e. The average molecular weight is 506 g/mol. The molecule has 5 aromatic rings. The van der Waals surface area contributed by atoms with Gasteiger partial charge >= 0.3 is 0 Å². The summed E-state index contributed by atoms with van der Waals surface area (Å²) in [5.74, 6) is 0.411. The molecule has 3 atom stereocenters. The molecule has 3 aromatic carbocycles. The van der Waals surface area contributed by atoms with Gasteiger partial charge < -0.3 is 4.90 Å². The van der Waals surface area contributed by atoms with Gasteiger partial charge in [0.1, 0.15) is 5.82 Å². The lowest BCUT2D eigenvalue weighted by Crippen LogP contribution is -2.35. The zero-order chi connectivity index (χ0) is 26.2. The number of aryl methyl sites for hydroxylation is 3. The van der Waals surface area contributed by atoms with Crippen LogP contribution in [0.2, 0.25) is 0 Å². The lowest BCUT2D eigenvalue weighted by Gasteiger charge is -2.25. The number of fused-ring (bicyclic) bond motifs is 2. The molecule has 2 fully saturated rings. The summed E-state index contributed by atoms with van der Waals surface area (Å²) >= 11 is 0. The number of hydrogen-bond acceptors (Lipinski definition) is 3. The van der Waals surface area contributed by atoms with Gasteiger partial charge in [-0.1, -0.05) is 30.3 Å². The maximum absolute atomic E-state index is 13.5. The molecule has 1 amide bonds. The van der Waals surface area contributed by atoms with Gasteiger partial charge in [-0.15, -0.1) is 0 Å². The molecule has 3 heterocycles. The van der Waals surface area contributed by atoms with Gasteiger partial charge in [-0.3, -0.25) is 9.48 Å². The van der Waals surface area contributed by atoms with E-state index >= 15 is 0 Å². The number of halogens is 1. The van der Waals surface area contributed by atoms with Crippen molar-refractivity contribution in [3.05, 3.63) is 113 Å². The van der Waals surface area contributed by atoms with Crippen molar-refractivity contribution in [2.45, 2.75) is 25.2 Å². The van der Waals surface area contributed by atoms with Crippen LogP contribution in [0.15, 0.2) is 79.0 Å². The van der Waals surface area contributed by atoms with Gasteiger partial charge in [-0.25, -0.2) is 9.07 Å². The van der Waals surface area contributed by atoms with E-state index in [9.17, 15) is 9.18 Å². The van der Waals surface area contributed by atoms with Crippen LogP contribution in [0.3, 0.4) is 0 Å². The Bertz CT molecular complexity index is 1680. The van der Waals surface area contributed by atoms with Crippen LogP contribution in [0, 0.1) is 25.6 Å². The Morgan fingerprint density at radius 3 is 2.50 bits per heavy atom. The van der Waals surface area contributed by atoms with Crippen LogP contribution in [-0.4, -0.2) is 43.5 Å². The van der Waals surface area contributed by atoms with Crippen molar-refractivity contribution in [2.24, 2.45) is 13.0 Å². The summed E-state index contributed by atoms with van der Waals surface area (Å²) in [5.41, 5.74) is 6.89. The molecular weight excluding hydrogens is 477 g/mol. The van der Waals surface area contributed by atoms with E-state index in [1.165, 1.54) is 28.8 Å². The van der Waals surface area contributed by atoms with Crippen LogP contribution < -0.4 is 0 Å². The second-order valence-corrected chi connectivity index (χ2v) is 10.8. The van der Waals surface area contributed by atoms with Crippen molar-refractivity contribution >= 4 is 16.8 Å². The van der Waals surface area contributed by atoms with Crippen molar-refractivity contribution in [3.63, 3.8) is 0 Å². The number of rotatable bonds is 4. The van der Waals surface area contributed by atoms with Crippen LogP contribution in [-0.2, 0) is 12.5 Å². The Morgan fingerprint density at radius 2 is 1.79 bits per heavy atom. The largest absolute Gasteiger partial charge is 0.336 e. The van der Waals surface area contributed by atoms with E-state index in [1.54, 1.807) is 16.8 Å². The SMILES string of the molecule is Cc1cc2c(cnn2-c2ccc(F)cc2)cc1C12CN(C(=O)c3cc(C)n(C)n3)CC1C2c1ccccc1. The summed E-state index contributed by atoms with van der Waals surface area (Å²) in [5, 5.41) is 10.1. The van der Waals surface area contributed by atoms with Gasteiger partial charge in [-0.2, -0.15) is 10.2 Å². The van der Waals surface area contributed by atoms with Gasteiger partial charge in [0.05, 0.1) is 17.4 Å². The zero-order valence-electron chi connectivity index (χ0n) is 21.6. The summed E-state index contributed by atoms with van der Waals surface area (Å²) in [6.07, 6.45) is 1.88. The Morgan fingerprint density at radius 1 is 1.03 bits per heavy atom. The average Bonchev–Trinajstić information content (AvgIpc) is 3.25. The van der Waals surface area contributed by atoms with E-state index < -0.39 is 0 Å². The summed E-state index contributed by atoms with van der Waals surface area (Å²) < 4.78 is 17.1. The molecule has 7 heteroatoms. The number of likely N-dealkylation sites (tertiary alicyclic amines) is 1. The third kappa shape index (κ3) is 3.27. The van der Waals surface area contributed by atoms with Crippen molar-refractivity contribution in [1.82, 2.24) is 24.5 Å². The molecule has 0 bridgehead atoms.